The van der Waals surface area contributed by atoms with Gasteiger partial charge in [0.25, 0.3) is 0 Å². The van der Waals surface area contributed by atoms with Crippen molar-refractivity contribution in [3.05, 3.63) is 48.2 Å². The molecule has 2 rings (SSSR count). The molecule has 0 aliphatic rings. The molecule has 0 fully saturated rings. The lowest BCUT2D eigenvalue weighted by Gasteiger charge is -2.10. The van der Waals surface area contributed by atoms with E-state index >= 15 is 0 Å². The minimum Gasteiger partial charge on any atom is -0.335 e. The molecule has 0 saturated carbocycles. The normalized spacial score (nSPS) is 10.6. The van der Waals surface area contributed by atoms with Crippen molar-refractivity contribution in [2.75, 3.05) is 10.6 Å². The molecule has 0 bridgehead atoms. The first-order valence-corrected chi connectivity index (χ1v) is 6.92. The molecule has 1 heterocycles. The molecule has 22 heavy (non-hydrogen) atoms. The van der Waals surface area contributed by atoms with E-state index in [1.807, 2.05) is 13.8 Å². The summed E-state index contributed by atoms with van der Waals surface area (Å²) in [4.78, 5) is 15.7. The number of nitrogens with one attached hydrogen (secondary N) is 2. The highest BCUT2D eigenvalue weighted by Gasteiger charge is 2.09. The van der Waals surface area contributed by atoms with E-state index in [4.69, 9.17) is 0 Å². The van der Waals surface area contributed by atoms with Gasteiger partial charge in [0.15, 0.2) is 0 Å². The molecule has 2 N–H and O–H groups in total. The molecular weight excluding hydrogens is 288 g/mol. The van der Waals surface area contributed by atoms with Gasteiger partial charge in [0.1, 0.15) is 23.1 Å². The second-order valence-electron chi connectivity index (χ2n) is 5.30. The average Bonchev–Trinajstić information content (AvgIpc) is 2.44. The zero-order chi connectivity index (χ0) is 16.1. The van der Waals surface area contributed by atoms with Gasteiger partial charge in [-0.2, -0.15) is 0 Å². The van der Waals surface area contributed by atoms with Crippen LogP contribution in [-0.4, -0.2) is 10.9 Å². The van der Waals surface area contributed by atoms with Gasteiger partial charge in [-0.25, -0.2) is 13.8 Å². The van der Waals surface area contributed by atoms with E-state index in [0.717, 1.165) is 12.1 Å². The van der Waals surface area contributed by atoms with Gasteiger partial charge < -0.3 is 10.6 Å². The van der Waals surface area contributed by atoms with Gasteiger partial charge in [0.05, 0.1) is 11.9 Å². The quantitative estimate of drug-likeness (QED) is 0.875. The Hall–Kier alpha value is -2.50. The maximum atomic E-state index is 13.5. The number of nitrogens with zero attached hydrogens (tertiary/aromatic N) is 1. The van der Waals surface area contributed by atoms with E-state index in [9.17, 15) is 13.6 Å². The standard InChI is InChI=1S/C16H17F2N3O/c1-10(2)8-15(22)20-11-6-7-14(19-9-11)21-16-12(17)4-3-5-13(16)18/h3-7,9-10H,8H2,1-2H3,(H,19,21)(H,20,22). The number of para-hydroxylation sites is 1. The fraction of sp³-hybridized carbons (Fsp3) is 0.250. The van der Waals surface area contributed by atoms with Crippen molar-refractivity contribution in [2.45, 2.75) is 20.3 Å². The molecule has 6 heteroatoms. The minimum atomic E-state index is -0.698. The number of hydrogen-bond donors (Lipinski definition) is 2. The summed E-state index contributed by atoms with van der Waals surface area (Å²) in [5.41, 5.74) is 0.275. The van der Waals surface area contributed by atoms with E-state index in [2.05, 4.69) is 15.6 Å². The van der Waals surface area contributed by atoms with Crippen molar-refractivity contribution in [1.29, 1.82) is 0 Å². The molecule has 0 spiro atoms. The van der Waals surface area contributed by atoms with Gasteiger partial charge in [-0.15, -0.1) is 0 Å². The Morgan fingerprint density at radius 3 is 2.41 bits per heavy atom. The predicted octanol–water partition coefficient (Wildman–Crippen LogP) is 4.09. The number of halogens is 2. The van der Waals surface area contributed by atoms with Crippen LogP contribution in [0.1, 0.15) is 20.3 Å². The fourth-order valence-corrected chi connectivity index (χ4v) is 1.87. The summed E-state index contributed by atoms with van der Waals surface area (Å²) in [6, 6.07) is 6.76. The molecule has 116 valence electrons. The molecule has 1 aromatic heterocycles. The number of aromatic nitrogens is 1. The summed E-state index contributed by atoms with van der Waals surface area (Å²) in [6.07, 6.45) is 1.85. The Morgan fingerprint density at radius 1 is 1.18 bits per heavy atom. The molecule has 0 saturated heterocycles. The zero-order valence-corrected chi connectivity index (χ0v) is 12.4. The Balaban J connectivity index is 2.05. The average molecular weight is 305 g/mol. The van der Waals surface area contributed by atoms with E-state index < -0.39 is 11.6 Å². The van der Waals surface area contributed by atoms with Crippen LogP contribution in [0.4, 0.5) is 26.0 Å². The molecule has 0 aliphatic heterocycles. The Labute approximate surface area is 127 Å². The first-order valence-electron chi connectivity index (χ1n) is 6.92. The third-order valence-electron chi connectivity index (χ3n) is 2.86. The SMILES string of the molecule is CC(C)CC(=O)Nc1ccc(Nc2c(F)cccc2F)nc1. The Bertz CT molecular complexity index is 637. The lowest BCUT2D eigenvalue weighted by molar-refractivity contribution is -0.116. The van der Waals surface area contributed by atoms with Gasteiger partial charge in [0, 0.05) is 6.42 Å². The summed E-state index contributed by atoms with van der Waals surface area (Å²) in [5, 5.41) is 5.29. The molecule has 2 aromatic rings. The second-order valence-corrected chi connectivity index (χ2v) is 5.30. The lowest BCUT2D eigenvalue weighted by atomic mass is 10.1. The van der Waals surface area contributed by atoms with Crippen LogP contribution in [0.2, 0.25) is 0 Å². The van der Waals surface area contributed by atoms with Gasteiger partial charge in [0.2, 0.25) is 5.91 Å². The molecule has 0 atom stereocenters. The van der Waals surface area contributed by atoms with Crippen molar-refractivity contribution in [3.8, 4) is 0 Å². The third-order valence-corrected chi connectivity index (χ3v) is 2.86. The van der Waals surface area contributed by atoms with E-state index in [1.165, 1.54) is 18.3 Å². The van der Waals surface area contributed by atoms with Crippen molar-refractivity contribution in [3.63, 3.8) is 0 Å². The fourth-order valence-electron chi connectivity index (χ4n) is 1.87. The summed E-state index contributed by atoms with van der Waals surface area (Å²) in [7, 11) is 0. The number of anilines is 3. The highest BCUT2D eigenvalue weighted by Crippen LogP contribution is 2.22. The second kappa shape index (κ2) is 6.98. The van der Waals surface area contributed by atoms with Crippen LogP contribution >= 0.6 is 0 Å². The number of amides is 1. The van der Waals surface area contributed by atoms with Crippen LogP contribution in [0.3, 0.4) is 0 Å². The highest BCUT2D eigenvalue weighted by molar-refractivity contribution is 5.90. The van der Waals surface area contributed by atoms with Crippen molar-refractivity contribution >= 4 is 23.1 Å². The molecule has 1 amide bonds. The van der Waals surface area contributed by atoms with Gasteiger partial charge in [-0.05, 0) is 30.2 Å². The van der Waals surface area contributed by atoms with Crippen LogP contribution in [0.5, 0.6) is 0 Å². The first kappa shape index (κ1) is 15.9. The van der Waals surface area contributed by atoms with Crippen LogP contribution in [0.15, 0.2) is 36.5 Å². The summed E-state index contributed by atoms with van der Waals surface area (Å²) in [6.45, 7) is 3.90. The van der Waals surface area contributed by atoms with Gasteiger partial charge in [-0.1, -0.05) is 19.9 Å². The van der Waals surface area contributed by atoms with Crippen molar-refractivity contribution in [2.24, 2.45) is 5.92 Å². The number of rotatable bonds is 5. The van der Waals surface area contributed by atoms with Crippen LogP contribution in [0, 0.1) is 17.6 Å². The predicted molar refractivity (Wildman–Crippen MR) is 82.0 cm³/mol. The van der Waals surface area contributed by atoms with Crippen LogP contribution in [-0.2, 0) is 4.79 Å². The molecule has 0 unspecified atom stereocenters. The molecule has 1 aromatic carbocycles. The smallest absolute Gasteiger partial charge is 0.224 e. The van der Waals surface area contributed by atoms with Gasteiger partial charge >= 0.3 is 0 Å². The van der Waals surface area contributed by atoms with E-state index in [0.29, 0.717) is 12.1 Å². The highest BCUT2D eigenvalue weighted by atomic mass is 19.1. The van der Waals surface area contributed by atoms with Gasteiger partial charge in [-0.3, -0.25) is 4.79 Å². The minimum absolute atomic E-state index is 0.0994. The van der Waals surface area contributed by atoms with Crippen LogP contribution < -0.4 is 10.6 Å². The maximum Gasteiger partial charge on any atom is 0.224 e. The topological polar surface area (TPSA) is 54.0 Å². The Morgan fingerprint density at radius 2 is 1.86 bits per heavy atom. The Kier molecular flexibility index (Phi) is 5.04. The molecule has 0 radical (unpaired) electrons. The molecule has 0 aliphatic carbocycles. The molecular formula is C16H17F2N3O. The number of carbonyl (C=O) groups excluding carboxylic acids is 1. The monoisotopic (exact) mass is 305 g/mol. The van der Waals surface area contributed by atoms with E-state index in [-0.39, 0.29) is 23.3 Å². The number of pyridine rings is 1. The third kappa shape index (κ3) is 4.25. The largest absolute Gasteiger partial charge is 0.335 e. The van der Waals surface area contributed by atoms with Crippen molar-refractivity contribution < 1.29 is 13.6 Å². The van der Waals surface area contributed by atoms with Crippen LogP contribution in [0.25, 0.3) is 0 Å². The number of benzene rings is 1. The number of hydrogen-bond acceptors (Lipinski definition) is 3. The summed E-state index contributed by atoms with van der Waals surface area (Å²) in [5.74, 6) is -0.950. The molecule has 4 nitrogen and oxygen atoms in total. The zero-order valence-electron chi connectivity index (χ0n) is 12.4. The summed E-state index contributed by atoms with van der Waals surface area (Å²) < 4.78 is 27.0. The van der Waals surface area contributed by atoms with E-state index in [1.54, 1.807) is 6.07 Å². The lowest BCUT2D eigenvalue weighted by Crippen LogP contribution is -2.14. The summed E-state index contributed by atoms with van der Waals surface area (Å²) >= 11 is 0. The first-order chi connectivity index (χ1) is 10.5. The van der Waals surface area contributed by atoms with Crippen molar-refractivity contribution in [1.82, 2.24) is 4.98 Å². The number of carbonyl (C=O) groups is 1. The maximum absolute atomic E-state index is 13.5.